The molecule has 0 spiro atoms. The van der Waals surface area contributed by atoms with E-state index >= 15 is 0 Å². The van der Waals surface area contributed by atoms with Crippen LogP contribution < -0.4 is 10.2 Å². The molecule has 0 aliphatic heterocycles. The maximum absolute atomic E-state index is 5.12. The summed E-state index contributed by atoms with van der Waals surface area (Å²) >= 11 is 0. The number of methoxy groups -OCH3 is 1. The van der Waals surface area contributed by atoms with Gasteiger partial charge in [-0.1, -0.05) is 0 Å². The zero-order valence-corrected chi connectivity index (χ0v) is 13.8. The van der Waals surface area contributed by atoms with Crippen molar-refractivity contribution in [2.24, 2.45) is 5.10 Å². The summed E-state index contributed by atoms with van der Waals surface area (Å²) in [5, 5.41) is 8.61. The number of ether oxygens (including phenoxy) is 1. The minimum Gasteiger partial charge on any atom is -0.497 e. The SMILES string of the molecule is COc1ccc(C=NNc2cc(-n3nc(C)cc3C)ncn2)cc1. The Bertz CT molecular complexity index is 854. The van der Waals surface area contributed by atoms with Crippen LogP contribution in [-0.4, -0.2) is 33.1 Å². The van der Waals surface area contributed by atoms with E-state index < -0.39 is 0 Å². The van der Waals surface area contributed by atoms with Crippen LogP contribution in [0.4, 0.5) is 5.82 Å². The monoisotopic (exact) mass is 322 g/mol. The van der Waals surface area contributed by atoms with Crippen molar-refractivity contribution < 1.29 is 4.74 Å². The van der Waals surface area contributed by atoms with Gasteiger partial charge in [0, 0.05) is 11.8 Å². The Kier molecular flexibility index (Phi) is 4.51. The molecule has 2 heterocycles. The first-order chi connectivity index (χ1) is 11.7. The number of nitrogens with zero attached hydrogens (tertiary/aromatic N) is 5. The standard InChI is InChI=1S/C17H18N6O/c1-12-8-13(2)23(22-12)17-9-16(18-11-19-17)21-20-10-14-4-6-15(24-3)7-5-14/h4-11H,1-3H3,(H,18,19,21). The Morgan fingerprint density at radius 2 is 1.92 bits per heavy atom. The van der Waals surface area contributed by atoms with Crippen molar-refractivity contribution in [1.29, 1.82) is 0 Å². The second kappa shape index (κ2) is 6.91. The molecule has 0 saturated heterocycles. The highest BCUT2D eigenvalue weighted by molar-refractivity contribution is 5.80. The summed E-state index contributed by atoms with van der Waals surface area (Å²) in [6.45, 7) is 3.93. The summed E-state index contributed by atoms with van der Waals surface area (Å²) in [6, 6.07) is 11.4. The zero-order chi connectivity index (χ0) is 16.9. The predicted octanol–water partition coefficient (Wildman–Crippen LogP) is 2.73. The van der Waals surface area contributed by atoms with Crippen molar-refractivity contribution in [3.05, 3.63) is 59.7 Å². The topological polar surface area (TPSA) is 77.2 Å². The number of hydrogen-bond acceptors (Lipinski definition) is 6. The molecule has 7 nitrogen and oxygen atoms in total. The number of hydrazone groups is 1. The van der Waals surface area contributed by atoms with E-state index in [-0.39, 0.29) is 0 Å². The zero-order valence-electron chi connectivity index (χ0n) is 13.8. The molecule has 0 unspecified atom stereocenters. The van der Waals surface area contributed by atoms with Crippen LogP contribution in [0.3, 0.4) is 0 Å². The highest BCUT2D eigenvalue weighted by atomic mass is 16.5. The fourth-order valence-electron chi connectivity index (χ4n) is 2.25. The van der Waals surface area contributed by atoms with Gasteiger partial charge in [0.1, 0.15) is 12.1 Å². The van der Waals surface area contributed by atoms with Crippen LogP contribution in [0.25, 0.3) is 5.82 Å². The molecule has 0 radical (unpaired) electrons. The van der Waals surface area contributed by atoms with E-state index in [4.69, 9.17) is 4.74 Å². The summed E-state index contributed by atoms with van der Waals surface area (Å²) in [7, 11) is 1.64. The second-order valence-corrected chi connectivity index (χ2v) is 5.24. The van der Waals surface area contributed by atoms with Gasteiger partial charge in [-0.3, -0.25) is 5.43 Å². The van der Waals surface area contributed by atoms with Crippen LogP contribution >= 0.6 is 0 Å². The molecule has 0 saturated carbocycles. The Morgan fingerprint density at radius 3 is 2.58 bits per heavy atom. The van der Waals surface area contributed by atoms with Crippen LogP contribution in [0.5, 0.6) is 5.75 Å². The Balaban J connectivity index is 1.72. The number of aryl methyl sites for hydroxylation is 2. The molecule has 1 N–H and O–H groups in total. The molecule has 0 fully saturated rings. The number of rotatable bonds is 5. The number of aromatic nitrogens is 4. The van der Waals surface area contributed by atoms with Crippen LogP contribution in [-0.2, 0) is 0 Å². The van der Waals surface area contributed by atoms with Crippen LogP contribution in [0, 0.1) is 13.8 Å². The van der Waals surface area contributed by atoms with Crippen molar-refractivity contribution >= 4 is 12.0 Å². The molecule has 0 aliphatic rings. The first-order valence-corrected chi connectivity index (χ1v) is 7.44. The third-order valence-electron chi connectivity index (χ3n) is 3.39. The predicted molar refractivity (Wildman–Crippen MR) is 92.8 cm³/mol. The van der Waals surface area contributed by atoms with Gasteiger partial charge in [-0.2, -0.15) is 10.2 Å². The van der Waals surface area contributed by atoms with Gasteiger partial charge in [0.25, 0.3) is 0 Å². The summed E-state index contributed by atoms with van der Waals surface area (Å²) in [5.41, 5.74) is 5.81. The van der Waals surface area contributed by atoms with Crippen LogP contribution in [0.2, 0.25) is 0 Å². The lowest BCUT2D eigenvalue weighted by Gasteiger charge is -2.05. The lowest BCUT2D eigenvalue weighted by Crippen LogP contribution is -2.04. The van der Waals surface area contributed by atoms with Gasteiger partial charge in [-0.15, -0.1) is 0 Å². The van der Waals surface area contributed by atoms with E-state index in [9.17, 15) is 0 Å². The van der Waals surface area contributed by atoms with Crippen molar-refractivity contribution in [1.82, 2.24) is 19.7 Å². The average Bonchev–Trinajstić information content (AvgIpc) is 2.94. The fraction of sp³-hybridized carbons (Fsp3) is 0.176. The molecular formula is C17H18N6O. The molecule has 1 aromatic carbocycles. The maximum Gasteiger partial charge on any atom is 0.159 e. The van der Waals surface area contributed by atoms with Gasteiger partial charge >= 0.3 is 0 Å². The lowest BCUT2D eigenvalue weighted by atomic mass is 10.2. The highest BCUT2D eigenvalue weighted by Gasteiger charge is 2.06. The molecular weight excluding hydrogens is 304 g/mol. The average molecular weight is 322 g/mol. The molecule has 0 atom stereocenters. The third kappa shape index (κ3) is 3.57. The van der Waals surface area contributed by atoms with E-state index in [1.165, 1.54) is 6.33 Å². The molecule has 24 heavy (non-hydrogen) atoms. The quantitative estimate of drug-likeness (QED) is 0.577. The van der Waals surface area contributed by atoms with Gasteiger partial charge in [0.2, 0.25) is 0 Å². The van der Waals surface area contributed by atoms with Gasteiger partial charge < -0.3 is 4.74 Å². The van der Waals surface area contributed by atoms with E-state index in [0.717, 1.165) is 22.7 Å². The van der Waals surface area contributed by atoms with Gasteiger partial charge in [0.05, 0.1) is 19.0 Å². The molecule has 0 aliphatic carbocycles. The molecule has 3 rings (SSSR count). The lowest BCUT2D eigenvalue weighted by molar-refractivity contribution is 0.415. The van der Waals surface area contributed by atoms with Crippen molar-refractivity contribution in [2.75, 3.05) is 12.5 Å². The minimum atomic E-state index is 0.595. The van der Waals surface area contributed by atoms with Crippen LogP contribution in [0.1, 0.15) is 17.0 Å². The maximum atomic E-state index is 5.12. The number of hydrogen-bond donors (Lipinski definition) is 1. The van der Waals surface area contributed by atoms with E-state index in [0.29, 0.717) is 11.6 Å². The van der Waals surface area contributed by atoms with Crippen molar-refractivity contribution in [3.63, 3.8) is 0 Å². The molecule has 0 amide bonds. The summed E-state index contributed by atoms with van der Waals surface area (Å²) in [5.74, 6) is 2.10. The summed E-state index contributed by atoms with van der Waals surface area (Å²) < 4.78 is 6.90. The molecule has 0 bridgehead atoms. The van der Waals surface area contributed by atoms with E-state index in [1.807, 2.05) is 44.2 Å². The van der Waals surface area contributed by atoms with Crippen molar-refractivity contribution in [3.8, 4) is 11.6 Å². The first-order valence-electron chi connectivity index (χ1n) is 7.44. The number of nitrogens with one attached hydrogen (secondary N) is 1. The Labute approximate surface area is 140 Å². The normalized spacial score (nSPS) is 11.0. The molecule has 3 aromatic rings. The Morgan fingerprint density at radius 1 is 1.12 bits per heavy atom. The third-order valence-corrected chi connectivity index (χ3v) is 3.39. The Hall–Kier alpha value is -3.22. The first kappa shape index (κ1) is 15.7. The second-order valence-electron chi connectivity index (χ2n) is 5.24. The largest absolute Gasteiger partial charge is 0.497 e. The van der Waals surface area contributed by atoms with Crippen molar-refractivity contribution in [2.45, 2.75) is 13.8 Å². The fourth-order valence-corrected chi connectivity index (χ4v) is 2.25. The minimum absolute atomic E-state index is 0.595. The highest BCUT2D eigenvalue weighted by Crippen LogP contribution is 2.13. The molecule has 2 aromatic heterocycles. The van der Waals surface area contributed by atoms with E-state index in [1.54, 1.807) is 24.1 Å². The van der Waals surface area contributed by atoms with Gasteiger partial charge in [-0.25, -0.2) is 14.6 Å². The number of benzene rings is 1. The number of anilines is 1. The summed E-state index contributed by atoms with van der Waals surface area (Å²) in [4.78, 5) is 8.42. The van der Waals surface area contributed by atoms with Gasteiger partial charge in [0.15, 0.2) is 11.6 Å². The van der Waals surface area contributed by atoms with Gasteiger partial charge in [-0.05, 0) is 49.7 Å². The van der Waals surface area contributed by atoms with E-state index in [2.05, 4.69) is 25.6 Å². The molecule has 7 heteroatoms. The van der Waals surface area contributed by atoms with Crippen LogP contribution in [0.15, 0.2) is 47.8 Å². The smallest absolute Gasteiger partial charge is 0.159 e. The molecule has 122 valence electrons. The summed E-state index contributed by atoms with van der Waals surface area (Å²) in [6.07, 6.45) is 3.20.